The molecule has 0 amide bonds. The zero-order chi connectivity index (χ0) is 24.5. The minimum atomic E-state index is 0.530. The van der Waals surface area contributed by atoms with Gasteiger partial charge in [-0.05, 0) is 151 Å². The molecular formula is C35H58. The van der Waals surface area contributed by atoms with Crippen LogP contribution in [0.2, 0.25) is 0 Å². The Morgan fingerprint density at radius 3 is 2.23 bits per heavy atom. The number of fused-ring (bicyclic) bond motifs is 14. The van der Waals surface area contributed by atoms with Gasteiger partial charge in [-0.15, -0.1) is 0 Å². The predicted octanol–water partition coefficient (Wildman–Crippen LogP) is 10.0. The van der Waals surface area contributed by atoms with Crippen LogP contribution in [0.15, 0.2) is 0 Å². The van der Waals surface area contributed by atoms with Gasteiger partial charge in [-0.3, -0.25) is 0 Å². The monoisotopic (exact) mass is 478 g/mol. The molecule has 0 aromatic heterocycles. The van der Waals surface area contributed by atoms with Crippen LogP contribution in [0, 0.1) is 86.8 Å². The molecule has 0 heteroatoms. The smallest absolute Gasteiger partial charge is 0.0204 e. The highest BCUT2D eigenvalue weighted by Crippen LogP contribution is 2.79. The average molecular weight is 479 g/mol. The summed E-state index contributed by atoms with van der Waals surface area (Å²) in [4.78, 5) is 0. The largest absolute Gasteiger partial charge is 0.0622 e. The number of hydrogen-bond donors (Lipinski definition) is 0. The van der Waals surface area contributed by atoms with E-state index in [1.165, 1.54) is 25.7 Å². The van der Waals surface area contributed by atoms with Gasteiger partial charge in [-0.1, -0.05) is 67.7 Å². The highest BCUT2D eigenvalue weighted by molar-refractivity contribution is 5.21. The van der Waals surface area contributed by atoms with Crippen LogP contribution in [-0.2, 0) is 0 Å². The van der Waals surface area contributed by atoms with Crippen molar-refractivity contribution in [2.75, 3.05) is 0 Å². The molecule has 7 rings (SSSR count). The van der Waals surface area contributed by atoms with Gasteiger partial charge in [0.05, 0.1) is 0 Å². The fourth-order valence-corrected chi connectivity index (χ4v) is 15.2. The molecule has 0 nitrogen and oxygen atoms in total. The first-order chi connectivity index (χ1) is 16.5. The summed E-state index contributed by atoms with van der Waals surface area (Å²) < 4.78 is 0. The Morgan fingerprint density at radius 1 is 0.629 bits per heavy atom. The Labute approximate surface area is 218 Å². The Morgan fingerprint density at radius 2 is 1.43 bits per heavy atom. The van der Waals surface area contributed by atoms with E-state index < -0.39 is 0 Å². The van der Waals surface area contributed by atoms with E-state index in [-0.39, 0.29) is 0 Å². The van der Waals surface area contributed by atoms with Crippen molar-refractivity contribution in [3.63, 3.8) is 0 Å². The van der Waals surface area contributed by atoms with Crippen molar-refractivity contribution in [1.82, 2.24) is 0 Å². The van der Waals surface area contributed by atoms with Crippen LogP contribution in [0.1, 0.15) is 132 Å². The van der Waals surface area contributed by atoms with E-state index in [9.17, 15) is 0 Å². The van der Waals surface area contributed by atoms with Gasteiger partial charge in [0.1, 0.15) is 0 Å². The summed E-state index contributed by atoms with van der Waals surface area (Å²) in [6.45, 7) is 19.5. The molecule has 7 fully saturated rings. The lowest BCUT2D eigenvalue weighted by atomic mass is 9.36. The van der Waals surface area contributed by atoms with Crippen molar-refractivity contribution in [2.24, 2.45) is 86.8 Å². The Hall–Kier alpha value is 0. The lowest BCUT2D eigenvalue weighted by Crippen LogP contribution is -2.62. The normalized spacial score (nSPS) is 62.7. The fraction of sp³-hybridized carbons (Fsp3) is 1.00. The van der Waals surface area contributed by atoms with Gasteiger partial charge in [0.2, 0.25) is 0 Å². The van der Waals surface area contributed by atoms with Gasteiger partial charge in [-0.2, -0.15) is 0 Å². The summed E-state index contributed by atoms with van der Waals surface area (Å²) in [6.07, 6.45) is 20.3. The van der Waals surface area contributed by atoms with E-state index in [0.29, 0.717) is 21.7 Å². The molecule has 7 aliphatic carbocycles. The third-order valence-electron chi connectivity index (χ3n) is 15.9. The SMILES string of the molecule is CC1CC2(C)CC1C1C(C)(C)CCCC1(C)C1CCC3C4CCCC4CC4CC(C)C(C4)C3C12C. The maximum absolute atomic E-state index is 2.98. The summed E-state index contributed by atoms with van der Waals surface area (Å²) in [5.41, 5.74) is 2.21. The summed E-state index contributed by atoms with van der Waals surface area (Å²) in [6, 6.07) is 0. The number of rotatable bonds is 0. The molecule has 0 spiro atoms. The second-order valence-electron chi connectivity index (χ2n) is 17.6. The van der Waals surface area contributed by atoms with Gasteiger partial charge in [0.15, 0.2) is 0 Å². The van der Waals surface area contributed by atoms with Crippen LogP contribution in [0.5, 0.6) is 0 Å². The minimum Gasteiger partial charge on any atom is -0.0622 e. The van der Waals surface area contributed by atoms with Gasteiger partial charge >= 0.3 is 0 Å². The van der Waals surface area contributed by atoms with Crippen molar-refractivity contribution in [1.29, 1.82) is 0 Å². The first-order valence-electron chi connectivity index (χ1n) is 16.5. The molecule has 0 heterocycles. The molecule has 0 aromatic carbocycles. The van der Waals surface area contributed by atoms with Crippen LogP contribution in [0.4, 0.5) is 0 Å². The maximum Gasteiger partial charge on any atom is -0.0204 e. The summed E-state index contributed by atoms with van der Waals surface area (Å²) in [5, 5.41) is 0. The van der Waals surface area contributed by atoms with Crippen LogP contribution in [0.25, 0.3) is 0 Å². The highest BCUT2D eigenvalue weighted by atomic mass is 14.8. The molecule has 198 valence electrons. The van der Waals surface area contributed by atoms with E-state index in [4.69, 9.17) is 0 Å². The molecule has 35 heavy (non-hydrogen) atoms. The Kier molecular flexibility index (Phi) is 5.20. The van der Waals surface area contributed by atoms with Crippen molar-refractivity contribution in [3.05, 3.63) is 0 Å². The Balaban J connectivity index is 1.42. The molecule has 7 aliphatic rings. The molecule has 0 radical (unpaired) electrons. The Bertz CT molecular complexity index is 854. The summed E-state index contributed by atoms with van der Waals surface area (Å²) in [5.74, 6) is 11.1. The zero-order valence-corrected chi connectivity index (χ0v) is 24.5. The van der Waals surface area contributed by atoms with E-state index in [1.807, 2.05) is 0 Å². The van der Waals surface area contributed by atoms with E-state index in [2.05, 4.69) is 48.5 Å². The molecule has 0 aliphatic heterocycles. The fourth-order valence-electron chi connectivity index (χ4n) is 15.2. The third-order valence-corrected chi connectivity index (χ3v) is 15.9. The summed E-state index contributed by atoms with van der Waals surface area (Å²) >= 11 is 0. The minimum absolute atomic E-state index is 0.530. The molecule has 7 saturated carbocycles. The first-order valence-corrected chi connectivity index (χ1v) is 16.5. The molecular weight excluding hydrogens is 420 g/mol. The molecule has 0 aromatic rings. The average Bonchev–Trinajstić information content (AvgIpc) is 3.43. The first kappa shape index (κ1) is 24.1. The third kappa shape index (κ3) is 2.98. The van der Waals surface area contributed by atoms with Crippen molar-refractivity contribution >= 4 is 0 Å². The van der Waals surface area contributed by atoms with Crippen LogP contribution >= 0.6 is 0 Å². The predicted molar refractivity (Wildman–Crippen MR) is 148 cm³/mol. The van der Waals surface area contributed by atoms with Crippen LogP contribution in [0.3, 0.4) is 0 Å². The standard InChI is InChI=1S/C35H58/c1-21-16-23-17-24-10-8-11-25(24)26-12-13-29-34(6)15-9-14-32(3,4)31(34)28-20-33(5,19-22(28)2)35(29,7)30(26)27(21)18-23/h21-31H,8-20H2,1-7H3. The molecule has 0 N–H and O–H groups in total. The summed E-state index contributed by atoms with van der Waals surface area (Å²) in [7, 11) is 0. The molecule has 14 unspecified atom stereocenters. The maximum atomic E-state index is 2.98. The quantitative estimate of drug-likeness (QED) is 0.325. The van der Waals surface area contributed by atoms with Crippen molar-refractivity contribution in [3.8, 4) is 0 Å². The van der Waals surface area contributed by atoms with E-state index in [1.54, 1.807) is 57.8 Å². The molecule has 0 saturated heterocycles. The van der Waals surface area contributed by atoms with Crippen molar-refractivity contribution < 1.29 is 0 Å². The van der Waals surface area contributed by atoms with E-state index >= 15 is 0 Å². The van der Waals surface area contributed by atoms with Gasteiger partial charge in [0, 0.05) is 0 Å². The molecule has 4 bridgehead atoms. The van der Waals surface area contributed by atoms with Crippen LogP contribution in [-0.4, -0.2) is 0 Å². The van der Waals surface area contributed by atoms with Crippen molar-refractivity contribution in [2.45, 2.75) is 132 Å². The van der Waals surface area contributed by atoms with Gasteiger partial charge < -0.3 is 0 Å². The molecule has 14 atom stereocenters. The zero-order valence-electron chi connectivity index (χ0n) is 24.5. The topological polar surface area (TPSA) is 0 Å². The second-order valence-corrected chi connectivity index (χ2v) is 17.6. The van der Waals surface area contributed by atoms with E-state index in [0.717, 1.165) is 65.1 Å². The lowest BCUT2D eigenvalue weighted by Gasteiger charge is -2.68. The highest BCUT2D eigenvalue weighted by Gasteiger charge is 2.72. The lowest BCUT2D eigenvalue weighted by molar-refractivity contribution is -0.200. The van der Waals surface area contributed by atoms with Gasteiger partial charge in [-0.25, -0.2) is 0 Å². The number of hydrogen-bond acceptors (Lipinski definition) is 0. The van der Waals surface area contributed by atoms with Gasteiger partial charge in [0.25, 0.3) is 0 Å². The second kappa shape index (κ2) is 7.56. The van der Waals surface area contributed by atoms with Crippen LogP contribution < -0.4 is 0 Å².